The average Bonchev–Trinajstić information content (AvgIpc) is 1.88. The Kier molecular flexibility index (Phi) is 1.95. The van der Waals surface area contributed by atoms with E-state index in [4.69, 9.17) is 5.11 Å². The van der Waals surface area contributed by atoms with Gasteiger partial charge in [-0.05, 0) is 23.6 Å². The highest BCUT2D eigenvalue weighted by Gasteiger charge is 1.96. The summed E-state index contributed by atoms with van der Waals surface area (Å²) in [6.45, 7) is 4.10. The van der Waals surface area contributed by atoms with Crippen LogP contribution >= 0.6 is 0 Å². The molecule has 0 saturated carbocycles. The summed E-state index contributed by atoms with van der Waals surface area (Å²) in [6.07, 6.45) is 0. The summed E-state index contributed by atoms with van der Waals surface area (Å²) in [5.41, 5.74) is 1.18. The molecule has 0 heterocycles. The van der Waals surface area contributed by atoms with Crippen molar-refractivity contribution in [2.45, 2.75) is 13.8 Å². The van der Waals surface area contributed by atoms with E-state index >= 15 is 0 Å². The van der Waals surface area contributed by atoms with Crippen LogP contribution in [0.1, 0.15) is 19.4 Å². The summed E-state index contributed by atoms with van der Waals surface area (Å²) < 4.78 is 0. The highest BCUT2D eigenvalue weighted by molar-refractivity contribution is 5.33. The van der Waals surface area contributed by atoms with Crippen LogP contribution in [0.5, 0.6) is 5.75 Å². The zero-order valence-electron chi connectivity index (χ0n) is 6.26. The van der Waals surface area contributed by atoms with Crippen LogP contribution in [0.25, 0.3) is 0 Å². The molecule has 1 heteroatoms. The summed E-state index contributed by atoms with van der Waals surface area (Å²) in [7, 11) is 0. The fourth-order valence-electron chi connectivity index (χ4n) is 0.795. The molecule has 1 aromatic rings. The lowest BCUT2D eigenvalue weighted by atomic mass is 10.0. The highest BCUT2D eigenvalue weighted by Crippen LogP contribution is 2.16. The SMILES string of the molecule is C[C](C)c1ccc(O)cc1. The Bertz CT molecular complexity index is 198. The van der Waals surface area contributed by atoms with Gasteiger partial charge in [0, 0.05) is 0 Å². The molecule has 1 nitrogen and oxygen atoms in total. The molecule has 0 aliphatic rings. The largest absolute Gasteiger partial charge is 0.508 e. The van der Waals surface area contributed by atoms with Gasteiger partial charge in [0.2, 0.25) is 0 Å². The molecule has 0 amide bonds. The molecular weight excluding hydrogens is 124 g/mol. The lowest BCUT2D eigenvalue weighted by molar-refractivity contribution is 0.475. The summed E-state index contributed by atoms with van der Waals surface area (Å²) in [5.74, 6) is 1.59. The summed E-state index contributed by atoms with van der Waals surface area (Å²) >= 11 is 0. The van der Waals surface area contributed by atoms with E-state index in [0.29, 0.717) is 5.75 Å². The van der Waals surface area contributed by atoms with Crippen molar-refractivity contribution in [1.82, 2.24) is 0 Å². The van der Waals surface area contributed by atoms with E-state index in [1.807, 2.05) is 26.0 Å². The Hall–Kier alpha value is -0.980. The molecule has 10 heavy (non-hydrogen) atoms. The van der Waals surface area contributed by atoms with Gasteiger partial charge in [0.05, 0.1) is 0 Å². The second-order valence-corrected chi connectivity index (χ2v) is 2.55. The third kappa shape index (κ3) is 1.50. The van der Waals surface area contributed by atoms with Crippen molar-refractivity contribution < 1.29 is 5.11 Å². The first-order chi connectivity index (χ1) is 4.70. The number of hydrogen-bond acceptors (Lipinski definition) is 1. The van der Waals surface area contributed by atoms with Gasteiger partial charge in [0.25, 0.3) is 0 Å². The van der Waals surface area contributed by atoms with Crippen molar-refractivity contribution in [2.75, 3.05) is 0 Å². The quantitative estimate of drug-likeness (QED) is 0.626. The Balaban J connectivity index is 2.89. The molecule has 0 aliphatic heterocycles. The van der Waals surface area contributed by atoms with Gasteiger partial charge in [0.15, 0.2) is 0 Å². The molecule has 0 bridgehead atoms. The minimum Gasteiger partial charge on any atom is -0.508 e. The zero-order chi connectivity index (χ0) is 7.56. The van der Waals surface area contributed by atoms with E-state index in [9.17, 15) is 0 Å². The monoisotopic (exact) mass is 135 g/mol. The molecule has 0 unspecified atom stereocenters. The summed E-state index contributed by atoms with van der Waals surface area (Å²) in [5, 5.41) is 8.93. The molecule has 1 rings (SSSR count). The molecule has 1 aromatic carbocycles. The Morgan fingerprint density at radius 3 is 2.00 bits per heavy atom. The molecule has 0 spiro atoms. The van der Waals surface area contributed by atoms with Crippen molar-refractivity contribution in [3.63, 3.8) is 0 Å². The van der Waals surface area contributed by atoms with Crippen LogP contribution in [0.4, 0.5) is 0 Å². The van der Waals surface area contributed by atoms with Gasteiger partial charge in [-0.2, -0.15) is 0 Å². The van der Waals surface area contributed by atoms with Gasteiger partial charge in [0.1, 0.15) is 5.75 Å². The van der Waals surface area contributed by atoms with E-state index in [2.05, 4.69) is 0 Å². The standard InChI is InChI=1S/C9H11O/c1-7(2)8-3-5-9(10)6-4-8/h3-6,10H,1-2H3. The number of aromatic hydroxyl groups is 1. The maximum absolute atomic E-state index is 8.93. The molecular formula is C9H11O. The lowest BCUT2D eigenvalue weighted by Crippen LogP contribution is -1.85. The molecule has 0 aromatic heterocycles. The maximum atomic E-state index is 8.93. The molecule has 1 N–H and O–H groups in total. The van der Waals surface area contributed by atoms with Crippen LogP contribution in [0.2, 0.25) is 0 Å². The fourth-order valence-corrected chi connectivity index (χ4v) is 0.795. The van der Waals surface area contributed by atoms with E-state index in [0.717, 1.165) is 0 Å². The van der Waals surface area contributed by atoms with Crippen LogP contribution in [-0.2, 0) is 0 Å². The lowest BCUT2D eigenvalue weighted by Gasteiger charge is -2.02. The molecule has 0 atom stereocenters. The first kappa shape index (κ1) is 7.13. The molecule has 53 valence electrons. The Morgan fingerprint density at radius 1 is 1.10 bits per heavy atom. The molecule has 0 aliphatic carbocycles. The van der Waals surface area contributed by atoms with Gasteiger partial charge in [-0.3, -0.25) is 0 Å². The first-order valence-corrected chi connectivity index (χ1v) is 3.29. The van der Waals surface area contributed by atoms with Crippen LogP contribution in [0.3, 0.4) is 0 Å². The van der Waals surface area contributed by atoms with Crippen molar-refractivity contribution in [3.8, 4) is 5.75 Å². The minimum atomic E-state index is 0.324. The third-order valence-electron chi connectivity index (χ3n) is 1.44. The molecule has 1 radical (unpaired) electrons. The highest BCUT2D eigenvalue weighted by atomic mass is 16.3. The smallest absolute Gasteiger partial charge is 0.115 e. The van der Waals surface area contributed by atoms with Crippen molar-refractivity contribution >= 4 is 0 Å². The number of phenolic OH excluding ortho intramolecular Hbond substituents is 1. The van der Waals surface area contributed by atoms with Crippen LogP contribution in [0.15, 0.2) is 24.3 Å². The normalized spacial score (nSPS) is 10.3. The molecule has 0 saturated heterocycles. The van der Waals surface area contributed by atoms with Crippen molar-refractivity contribution in [3.05, 3.63) is 35.7 Å². The fraction of sp³-hybridized carbons (Fsp3) is 0.222. The summed E-state index contributed by atoms with van der Waals surface area (Å²) in [6, 6.07) is 7.21. The van der Waals surface area contributed by atoms with Crippen LogP contribution in [0, 0.1) is 5.92 Å². The molecule has 0 fully saturated rings. The summed E-state index contributed by atoms with van der Waals surface area (Å²) in [4.78, 5) is 0. The van der Waals surface area contributed by atoms with Gasteiger partial charge >= 0.3 is 0 Å². The van der Waals surface area contributed by atoms with E-state index in [-0.39, 0.29) is 0 Å². The number of rotatable bonds is 1. The Labute approximate surface area is 61.3 Å². The van der Waals surface area contributed by atoms with E-state index < -0.39 is 0 Å². The Morgan fingerprint density at radius 2 is 1.60 bits per heavy atom. The topological polar surface area (TPSA) is 20.2 Å². The zero-order valence-corrected chi connectivity index (χ0v) is 6.26. The van der Waals surface area contributed by atoms with Gasteiger partial charge in [-0.15, -0.1) is 0 Å². The predicted octanol–water partition coefficient (Wildman–Crippen LogP) is 2.35. The third-order valence-corrected chi connectivity index (χ3v) is 1.44. The second kappa shape index (κ2) is 2.74. The van der Waals surface area contributed by atoms with Gasteiger partial charge < -0.3 is 5.11 Å². The first-order valence-electron chi connectivity index (χ1n) is 3.29. The maximum Gasteiger partial charge on any atom is 0.115 e. The van der Waals surface area contributed by atoms with Gasteiger partial charge in [-0.1, -0.05) is 26.0 Å². The predicted molar refractivity (Wildman–Crippen MR) is 41.8 cm³/mol. The second-order valence-electron chi connectivity index (χ2n) is 2.55. The van der Waals surface area contributed by atoms with Crippen LogP contribution in [-0.4, -0.2) is 5.11 Å². The number of benzene rings is 1. The van der Waals surface area contributed by atoms with E-state index in [1.54, 1.807) is 12.1 Å². The minimum absolute atomic E-state index is 0.324. The van der Waals surface area contributed by atoms with Crippen molar-refractivity contribution in [2.24, 2.45) is 0 Å². The van der Waals surface area contributed by atoms with Gasteiger partial charge in [-0.25, -0.2) is 0 Å². The average molecular weight is 135 g/mol. The number of phenols is 1. The van der Waals surface area contributed by atoms with Crippen molar-refractivity contribution in [1.29, 1.82) is 0 Å². The number of hydrogen-bond donors (Lipinski definition) is 1. The van der Waals surface area contributed by atoms with E-state index in [1.165, 1.54) is 11.5 Å². The van der Waals surface area contributed by atoms with Crippen LogP contribution < -0.4 is 0 Å².